The number of fused-ring (bicyclic) bond motifs is 1. The topological polar surface area (TPSA) is 37.3 Å². The van der Waals surface area contributed by atoms with E-state index in [0.29, 0.717) is 0 Å². The summed E-state index contributed by atoms with van der Waals surface area (Å²) in [6.45, 7) is 12.4. The van der Waals surface area contributed by atoms with E-state index in [1.54, 1.807) is 0 Å². The second-order valence-electron chi connectivity index (χ2n) is 6.68. The van der Waals surface area contributed by atoms with Crippen LogP contribution < -0.4 is 0 Å². The number of rotatable bonds is 1. The number of carboxylic acids is 1. The molecule has 1 N–H and O–H groups in total. The quantitative estimate of drug-likeness (QED) is 0.821. The van der Waals surface area contributed by atoms with Crippen molar-refractivity contribution >= 4 is 5.97 Å². The molecular formula is C16H22O2. The van der Waals surface area contributed by atoms with Gasteiger partial charge in [0.2, 0.25) is 0 Å². The van der Waals surface area contributed by atoms with Crippen LogP contribution in [0.2, 0.25) is 0 Å². The summed E-state index contributed by atoms with van der Waals surface area (Å²) in [5.41, 5.74) is 2.05. The van der Waals surface area contributed by atoms with Crippen molar-refractivity contribution in [2.75, 3.05) is 0 Å². The van der Waals surface area contributed by atoms with Crippen LogP contribution in [-0.2, 0) is 15.6 Å². The van der Waals surface area contributed by atoms with Gasteiger partial charge < -0.3 is 5.11 Å². The molecule has 1 aliphatic rings. The van der Waals surface area contributed by atoms with E-state index in [4.69, 9.17) is 0 Å². The van der Waals surface area contributed by atoms with E-state index in [0.717, 1.165) is 5.56 Å². The molecule has 0 heterocycles. The molecule has 18 heavy (non-hydrogen) atoms. The van der Waals surface area contributed by atoms with Crippen LogP contribution >= 0.6 is 0 Å². The average Bonchev–Trinajstić information content (AvgIpc) is 2.37. The van der Waals surface area contributed by atoms with Crippen LogP contribution in [0.4, 0.5) is 0 Å². The summed E-state index contributed by atoms with van der Waals surface area (Å²) in [6, 6.07) is 6.02. The standard InChI is InChI=1S/C16H22O2/c1-10-8-7-9-11-12(10)14(2,3)15(4,5)16(11,6)13(17)18/h7-9H,1-6H3,(H,17,18)/t16-/m0/s1. The van der Waals surface area contributed by atoms with Gasteiger partial charge in [-0.3, -0.25) is 4.79 Å². The van der Waals surface area contributed by atoms with Crippen LogP contribution in [0.15, 0.2) is 18.2 Å². The van der Waals surface area contributed by atoms with Gasteiger partial charge in [-0.15, -0.1) is 0 Å². The second-order valence-corrected chi connectivity index (χ2v) is 6.68. The molecule has 0 saturated carbocycles. The third kappa shape index (κ3) is 1.16. The zero-order valence-corrected chi connectivity index (χ0v) is 12.1. The summed E-state index contributed by atoms with van der Waals surface area (Å²) >= 11 is 0. The molecule has 1 aliphatic carbocycles. The van der Waals surface area contributed by atoms with E-state index in [9.17, 15) is 9.90 Å². The van der Waals surface area contributed by atoms with Gasteiger partial charge in [0.1, 0.15) is 0 Å². The minimum atomic E-state index is -0.835. The molecule has 1 aromatic carbocycles. The van der Waals surface area contributed by atoms with Gasteiger partial charge in [-0.1, -0.05) is 45.9 Å². The number of carbonyl (C=O) groups is 1. The highest BCUT2D eigenvalue weighted by atomic mass is 16.4. The Morgan fingerprint density at radius 3 is 2.17 bits per heavy atom. The number of aryl methyl sites for hydroxylation is 1. The summed E-state index contributed by atoms with van der Waals surface area (Å²) < 4.78 is 0. The molecule has 2 heteroatoms. The van der Waals surface area contributed by atoms with Crippen LogP contribution in [0.3, 0.4) is 0 Å². The molecule has 1 aromatic rings. The Labute approximate surface area is 109 Å². The number of carboxylic acid groups (broad SMARTS) is 1. The lowest BCUT2D eigenvalue weighted by atomic mass is 9.58. The molecule has 0 amide bonds. The lowest BCUT2D eigenvalue weighted by molar-refractivity contribution is -0.148. The maximum absolute atomic E-state index is 11.9. The Morgan fingerprint density at radius 1 is 1.11 bits per heavy atom. The molecule has 0 fully saturated rings. The maximum atomic E-state index is 11.9. The van der Waals surface area contributed by atoms with Crippen LogP contribution in [-0.4, -0.2) is 11.1 Å². The van der Waals surface area contributed by atoms with Crippen molar-refractivity contribution in [1.29, 1.82) is 0 Å². The predicted octanol–water partition coefficient (Wildman–Crippen LogP) is 3.65. The predicted molar refractivity (Wildman–Crippen MR) is 73.0 cm³/mol. The summed E-state index contributed by atoms with van der Waals surface area (Å²) in [4.78, 5) is 11.9. The number of hydrogen-bond acceptors (Lipinski definition) is 1. The van der Waals surface area contributed by atoms with Gasteiger partial charge in [0, 0.05) is 0 Å². The van der Waals surface area contributed by atoms with Crippen molar-refractivity contribution in [3.05, 3.63) is 34.9 Å². The number of benzene rings is 1. The van der Waals surface area contributed by atoms with Crippen molar-refractivity contribution in [2.45, 2.75) is 52.4 Å². The van der Waals surface area contributed by atoms with Gasteiger partial charge in [-0.2, -0.15) is 0 Å². The van der Waals surface area contributed by atoms with E-state index in [1.165, 1.54) is 11.1 Å². The fourth-order valence-electron chi connectivity index (χ4n) is 3.57. The molecule has 0 bridgehead atoms. The van der Waals surface area contributed by atoms with Crippen molar-refractivity contribution in [1.82, 2.24) is 0 Å². The first-order valence-electron chi connectivity index (χ1n) is 6.42. The molecule has 0 saturated heterocycles. The maximum Gasteiger partial charge on any atom is 0.314 e. The van der Waals surface area contributed by atoms with Gasteiger partial charge in [0.25, 0.3) is 0 Å². The van der Waals surface area contributed by atoms with Crippen molar-refractivity contribution in [3.8, 4) is 0 Å². The molecule has 98 valence electrons. The third-order valence-corrected chi connectivity index (χ3v) is 5.68. The summed E-state index contributed by atoms with van der Waals surface area (Å²) in [7, 11) is 0. The second kappa shape index (κ2) is 3.37. The molecule has 1 atom stereocenters. The normalized spacial score (nSPS) is 27.9. The van der Waals surface area contributed by atoms with Gasteiger partial charge >= 0.3 is 5.97 Å². The molecule has 2 nitrogen and oxygen atoms in total. The fourth-order valence-corrected chi connectivity index (χ4v) is 3.57. The Morgan fingerprint density at radius 2 is 1.67 bits per heavy atom. The average molecular weight is 246 g/mol. The van der Waals surface area contributed by atoms with E-state index in [1.807, 2.05) is 19.1 Å². The van der Waals surface area contributed by atoms with Crippen molar-refractivity contribution in [3.63, 3.8) is 0 Å². The van der Waals surface area contributed by atoms with Crippen LogP contribution in [0, 0.1) is 12.3 Å². The van der Waals surface area contributed by atoms with E-state index >= 15 is 0 Å². The highest BCUT2D eigenvalue weighted by Gasteiger charge is 2.63. The highest BCUT2D eigenvalue weighted by molar-refractivity contribution is 5.85. The lowest BCUT2D eigenvalue weighted by Gasteiger charge is -2.44. The van der Waals surface area contributed by atoms with Crippen molar-refractivity contribution < 1.29 is 9.90 Å². The Balaban J connectivity index is 2.91. The Bertz CT molecular complexity index is 526. The molecule has 0 spiro atoms. The Kier molecular flexibility index (Phi) is 2.46. The van der Waals surface area contributed by atoms with E-state index in [2.05, 4.69) is 40.7 Å². The van der Waals surface area contributed by atoms with Gasteiger partial charge in [0.05, 0.1) is 5.41 Å². The van der Waals surface area contributed by atoms with Gasteiger partial charge in [-0.25, -0.2) is 0 Å². The number of hydrogen-bond donors (Lipinski definition) is 1. The first kappa shape index (κ1) is 13.1. The fraction of sp³-hybridized carbons (Fsp3) is 0.562. The third-order valence-electron chi connectivity index (χ3n) is 5.68. The SMILES string of the molecule is Cc1cccc2c1C(C)(C)C(C)(C)[C@]2(C)C(=O)O. The monoisotopic (exact) mass is 246 g/mol. The van der Waals surface area contributed by atoms with Gasteiger partial charge in [0.15, 0.2) is 0 Å². The molecule has 0 aromatic heterocycles. The minimum absolute atomic E-state index is 0.152. The van der Waals surface area contributed by atoms with E-state index in [-0.39, 0.29) is 10.8 Å². The highest BCUT2D eigenvalue weighted by Crippen LogP contribution is 2.62. The smallest absolute Gasteiger partial charge is 0.314 e. The zero-order chi connectivity index (χ0) is 13.9. The molecule has 2 rings (SSSR count). The van der Waals surface area contributed by atoms with Crippen molar-refractivity contribution in [2.24, 2.45) is 5.41 Å². The summed E-state index contributed by atoms with van der Waals surface area (Å²) in [5, 5.41) is 9.78. The van der Waals surface area contributed by atoms with E-state index < -0.39 is 11.4 Å². The first-order valence-corrected chi connectivity index (χ1v) is 6.42. The summed E-state index contributed by atoms with van der Waals surface area (Å²) in [5.74, 6) is -0.732. The minimum Gasteiger partial charge on any atom is -0.481 e. The summed E-state index contributed by atoms with van der Waals surface area (Å²) in [6.07, 6.45) is 0. The lowest BCUT2D eigenvalue weighted by Crippen LogP contribution is -2.49. The number of aliphatic carboxylic acids is 1. The molecule has 0 aliphatic heterocycles. The van der Waals surface area contributed by atoms with Crippen LogP contribution in [0.1, 0.15) is 51.3 Å². The molecule has 0 unspecified atom stereocenters. The molecular weight excluding hydrogens is 224 g/mol. The van der Waals surface area contributed by atoms with Crippen LogP contribution in [0.5, 0.6) is 0 Å². The zero-order valence-electron chi connectivity index (χ0n) is 12.1. The first-order chi connectivity index (χ1) is 8.08. The molecule has 0 radical (unpaired) electrons. The van der Waals surface area contributed by atoms with Crippen LogP contribution in [0.25, 0.3) is 0 Å². The largest absolute Gasteiger partial charge is 0.481 e. The Hall–Kier alpha value is -1.31. The van der Waals surface area contributed by atoms with Gasteiger partial charge in [-0.05, 0) is 41.4 Å².